The number of hydrogen-bond acceptors (Lipinski definition) is 6. The second-order valence-electron chi connectivity index (χ2n) is 9.33. The van der Waals surface area contributed by atoms with Crippen LogP contribution in [0.2, 0.25) is 0 Å². The van der Waals surface area contributed by atoms with Gasteiger partial charge in [-0.3, -0.25) is 9.59 Å². The predicted octanol–water partition coefficient (Wildman–Crippen LogP) is 3.33. The Morgan fingerprint density at radius 3 is 2.59 bits per heavy atom. The van der Waals surface area contributed by atoms with Crippen LogP contribution in [0.4, 0.5) is 14.6 Å². The monoisotopic (exact) mass is 472 g/mol. The maximum Gasteiger partial charge on any atom is 0.273 e. The van der Waals surface area contributed by atoms with E-state index in [0.717, 1.165) is 12.8 Å². The normalized spacial score (nSPS) is 20.1. The minimum atomic E-state index is -2.95. The molecule has 5 rings (SSSR count). The Labute approximate surface area is 195 Å². The third kappa shape index (κ3) is 4.39. The van der Waals surface area contributed by atoms with Crippen LogP contribution < -0.4 is 10.6 Å². The molecular formula is C24H26F2N4O4. The van der Waals surface area contributed by atoms with Crippen LogP contribution in [-0.2, 0) is 33.0 Å². The van der Waals surface area contributed by atoms with Gasteiger partial charge in [-0.05, 0) is 44.7 Å². The number of fused-ring (bicyclic) bond motifs is 1. The smallest absolute Gasteiger partial charge is 0.273 e. The highest BCUT2D eigenvalue weighted by Gasteiger charge is 2.41. The number of halogens is 2. The molecule has 1 aliphatic heterocycles. The quantitative estimate of drug-likeness (QED) is 0.669. The fraction of sp³-hybridized carbons (Fsp3) is 0.500. The number of aromatic nitrogens is 2. The zero-order chi connectivity index (χ0) is 24.1. The molecule has 3 aliphatic rings. The van der Waals surface area contributed by atoms with Gasteiger partial charge in [-0.1, -0.05) is 12.1 Å². The van der Waals surface area contributed by atoms with Gasteiger partial charge in [-0.25, -0.2) is 18.7 Å². The van der Waals surface area contributed by atoms with E-state index in [-0.39, 0.29) is 47.7 Å². The molecule has 0 bridgehead atoms. The van der Waals surface area contributed by atoms with E-state index >= 15 is 0 Å². The van der Waals surface area contributed by atoms with E-state index in [1.165, 1.54) is 18.2 Å². The number of nitrogens with one attached hydrogen (secondary N) is 2. The maximum atomic E-state index is 14.2. The van der Waals surface area contributed by atoms with Gasteiger partial charge in [0.15, 0.2) is 6.29 Å². The summed E-state index contributed by atoms with van der Waals surface area (Å²) in [6.07, 6.45) is 0.747. The summed E-state index contributed by atoms with van der Waals surface area (Å²) in [5.74, 6) is -3.22. The molecule has 8 nitrogen and oxygen atoms in total. The van der Waals surface area contributed by atoms with Crippen molar-refractivity contribution in [3.8, 4) is 0 Å². The highest BCUT2D eigenvalue weighted by molar-refractivity contribution is 6.05. The zero-order valence-electron chi connectivity index (χ0n) is 19.0. The maximum absolute atomic E-state index is 14.2. The van der Waals surface area contributed by atoms with Crippen LogP contribution in [0.3, 0.4) is 0 Å². The minimum absolute atomic E-state index is 0.0344. The van der Waals surface area contributed by atoms with Crippen molar-refractivity contribution in [2.24, 2.45) is 0 Å². The first kappa shape index (κ1) is 22.8. The Balaban J connectivity index is 1.48. The molecule has 0 spiro atoms. The van der Waals surface area contributed by atoms with Crippen molar-refractivity contribution in [3.05, 3.63) is 52.0 Å². The molecule has 0 radical (unpaired) electrons. The van der Waals surface area contributed by atoms with E-state index < -0.39 is 18.1 Å². The predicted molar refractivity (Wildman–Crippen MR) is 118 cm³/mol. The Kier molecular flexibility index (Phi) is 5.60. The van der Waals surface area contributed by atoms with Crippen molar-refractivity contribution >= 4 is 17.6 Å². The van der Waals surface area contributed by atoms with Crippen LogP contribution in [0.15, 0.2) is 18.2 Å². The molecule has 1 saturated heterocycles. The minimum Gasteiger partial charge on any atom is -0.351 e. The number of aryl methyl sites for hydroxylation is 1. The van der Waals surface area contributed by atoms with Gasteiger partial charge in [0.25, 0.3) is 11.8 Å². The molecule has 34 heavy (non-hydrogen) atoms. The lowest BCUT2D eigenvalue weighted by Crippen LogP contribution is -2.36. The third-order valence-corrected chi connectivity index (χ3v) is 6.50. The standard InChI is InChI=1S/C24H26F2N4O4/c1-13-27-17(12-18(31)30-23(2)8-9-23)19(22-33-10-11-34-22)20(28-13)29-21(32)15-4-3-5-16-14(15)6-7-24(16,25)26/h3-5,22H,6-12H2,1-2H3,(H,30,31)(H,27,28,29,32). The topological polar surface area (TPSA) is 102 Å². The molecule has 1 aromatic carbocycles. The van der Waals surface area contributed by atoms with Gasteiger partial charge in [0.2, 0.25) is 5.91 Å². The zero-order valence-corrected chi connectivity index (χ0v) is 19.0. The van der Waals surface area contributed by atoms with Crippen molar-refractivity contribution in [1.82, 2.24) is 15.3 Å². The molecule has 2 heterocycles. The van der Waals surface area contributed by atoms with Gasteiger partial charge in [0, 0.05) is 23.1 Å². The summed E-state index contributed by atoms with van der Waals surface area (Å²) in [6, 6.07) is 4.34. The lowest BCUT2D eigenvalue weighted by molar-refractivity contribution is -0.121. The van der Waals surface area contributed by atoms with Crippen LogP contribution in [-0.4, -0.2) is 40.5 Å². The number of nitrogens with zero attached hydrogens (tertiary/aromatic N) is 2. The number of carbonyl (C=O) groups excluding carboxylic acids is 2. The number of carbonyl (C=O) groups is 2. The summed E-state index contributed by atoms with van der Waals surface area (Å²) in [5, 5.41) is 5.75. The SMILES string of the molecule is Cc1nc(CC(=O)NC2(C)CC2)c(C2OCCO2)c(NC(=O)c2cccc3c2CCC3(F)F)n1. The lowest BCUT2D eigenvalue weighted by Gasteiger charge is -2.20. The van der Waals surface area contributed by atoms with Crippen molar-refractivity contribution < 1.29 is 27.8 Å². The molecule has 180 valence electrons. The molecule has 2 aromatic rings. The highest BCUT2D eigenvalue weighted by Crippen LogP contribution is 2.43. The Bertz CT molecular complexity index is 1160. The van der Waals surface area contributed by atoms with E-state index in [4.69, 9.17) is 9.47 Å². The summed E-state index contributed by atoms with van der Waals surface area (Å²) < 4.78 is 39.7. The van der Waals surface area contributed by atoms with E-state index in [1.54, 1.807) is 6.92 Å². The van der Waals surface area contributed by atoms with Gasteiger partial charge < -0.3 is 20.1 Å². The summed E-state index contributed by atoms with van der Waals surface area (Å²) in [7, 11) is 0. The fourth-order valence-corrected chi connectivity index (χ4v) is 4.49. The van der Waals surface area contributed by atoms with Crippen LogP contribution in [0.25, 0.3) is 0 Å². The fourth-order valence-electron chi connectivity index (χ4n) is 4.49. The van der Waals surface area contributed by atoms with Crippen molar-refractivity contribution in [2.45, 2.75) is 63.7 Å². The molecule has 2 aliphatic carbocycles. The second kappa shape index (κ2) is 8.35. The number of rotatable bonds is 6. The highest BCUT2D eigenvalue weighted by atomic mass is 19.3. The van der Waals surface area contributed by atoms with E-state index in [1.807, 2.05) is 6.92 Å². The van der Waals surface area contributed by atoms with Gasteiger partial charge in [0.05, 0.1) is 30.9 Å². The molecule has 1 aromatic heterocycles. The summed E-state index contributed by atoms with van der Waals surface area (Å²) in [4.78, 5) is 34.7. The molecule has 1 saturated carbocycles. The molecular weight excluding hydrogens is 446 g/mol. The van der Waals surface area contributed by atoms with Crippen LogP contribution >= 0.6 is 0 Å². The number of alkyl halides is 2. The van der Waals surface area contributed by atoms with Gasteiger partial charge >= 0.3 is 0 Å². The van der Waals surface area contributed by atoms with Crippen LogP contribution in [0, 0.1) is 6.92 Å². The Hall–Kier alpha value is -2.98. The van der Waals surface area contributed by atoms with Gasteiger partial charge in [-0.2, -0.15) is 0 Å². The third-order valence-electron chi connectivity index (χ3n) is 6.50. The van der Waals surface area contributed by atoms with Crippen LogP contribution in [0.1, 0.15) is 71.0 Å². The number of hydrogen-bond donors (Lipinski definition) is 2. The first-order valence-corrected chi connectivity index (χ1v) is 11.4. The molecule has 2 amide bonds. The molecule has 10 heteroatoms. The average Bonchev–Trinajstić information content (AvgIpc) is 3.14. The van der Waals surface area contributed by atoms with Crippen molar-refractivity contribution in [2.75, 3.05) is 18.5 Å². The van der Waals surface area contributed by atoms with Gasteiger partial charge in [0.1, 0.15) is 11.6 Å². The summed E-state index contributed by atoms with van der Waals surface area (Å²) in [5.41, 5.74) is 0.959. The molecule has 0 unspecified atom stereocenters. The molecule has 2 fully saturated rings. The number of amides is 2. The Morgan fingerprint density at radius 2 is 1.88 bits per heavy atom. The van der Waals surface area contributed by atoms with Gasteiger partial charge in [-0.15, -0.1) is 0 Å². The number of anilines is 1. The van der Waals surface area contributed by atoms with E-state index in [0.29, 0.717) is 35.9 Å². The largest absolute Gasteiger partial charge is 0.351 e. The Morgan fingerprint density at radius 1 is 1.15 bits per heavy atom. The van der Waals surface area contributed by atoms with E-state index in [2.05, 4.69) is 20.6 Å². The van der Waals surface area contributed by atoms with Crippen molar-refractivity contribution in [3.63, 3.8) is 0 Å². The van der Waals surface area contributed by atoms with Crippen LogP contribution in [0.5, 0.6) is 0 Å². The molecule has 2 N–H and O–H groups in total. The summed E-state index contributed by atoms with van der Waals surface area (Å²) >= 11 is 0. The summed E-state index contributed by atoms with van der Waals surface area (Å²) in [6.45, 7) is 4.32. The van der Waals surface area contributed by atoms with E-state index in [9.17, 15) is 18.4 Å². The second-order valence-corrected chi connectivity index (χ2v) is 9.33. The van der Waals surface area contributed by atoms with Crippen molar-refractivity contribution in [1.29, 1.82) is 0 Å². The molecule has 0 atom stereocenters. The first-order chi connectivity index (χ1) is 16.2. The average molecular weight is 472 g/mol. The number of benzene rings is 1. The number of ether oxygens (including phenoxy) is 2. The first-order valence-electron chi connectivity index (χ1n) is 11.4. The lowest BCUT2D eigenvalue weighted by atomic mass is 10.0.